The molecule has 0 bridgehead atoms. The largest absolute Gasteiger partial charge is 0.493 e. The normalized spacial score (nSPS) is 21.2. The van der Waals surface area contributed by atoms with Crippen molar-refractivity contribution in [3.05, 3.63) is 29.8 Å². The van der Waals surface area contributed by atoms with Gasteiger partial charge >= 0.3 is 5.97 Å². The van der Waals surface area contributed by atoms with E-state index in [4.69, 9.17) is 4.74 Å². The zero-order valence-electron chi connectivity index (χ0n) is 13.3. The van der Waals surface area contributed by atoms with Gasteiger partial charge in [0.2, 0.25) is 0 Å². The van der Waals surface area contributed by atoms with Gasteiger partial charge in [-0.15, -0.1) is 0 Å². The molecule has 0 aliphatic carbocycles. The third-order valence-electron chi connectivity index (χ3n) is 3.94. The first-order valence-electron chi connectivity index (χ1n) is 7.57. The summed E-state index contributed by atoms with van der Waals surface area (Å²) < 4.78 is 5.64. The van der Waals surface area contributed by atoms with Crippen LogP contribution in [0.2, 0.25) is 0 Å². The van der Waals surface area contributed by atoms with Gasteiger partial charge in [0.25, 0.3) is 5.91 Å². The maximum Gasteiger partial charge on any atom is 0.311 e. The predicted octanol–water partition coefficient (Wildman–Crippen LogP) is 2.66. The van der Waals surface area contributed by atoms with Gasteiger partial charge in [0, 0.05) is 18.7 Å². The number of carbonyl (C=O) groups excluding carboxylic acids is 1. The van der Waals surface area contributed by atoms with Crippen molar-refractivity contribution < 1.29 is 19.4 Å². The molecule has 1 aliphatic heterocycles. The maximum absolute atomic E-state index is 12.5. The van der Waals surface area contributed by atoms with Crippen LogP contribution in [0.15, 0.2) is 24.3 Å². The summed E-state index contributed by atoms with van der Waals surface area (Å²) >= 11 is 0. The first kappa shape index (κ1) is 16.3. The summed E-state index contributed by atoms with van der Waals surface area (Å²) in [5.74, 6) is 0.0887. The number of rotatable bonds is 5. The Bertz CT molecular complexity index is 570. The molecule has 2 rings (SSSR count). The van der Waals surface area contributed by atoms with Crippen LogP contribution in [0.4, 0.5) is 0 Å². The lowest BCUT2D eigenvalue weighted by molar-refractivity contribution is -0.147. The van der Waals surface area contributed by atoms with Crippen molar-refractivity contribution in [3.63, 3.8) is 0 Å². The highest BCUT2D eigenvalue weighted by Crippen LogP contribution is 2.31. The molecule has 5 nitrogen and oxygen atoms in total. The molecular weight excluding hydrogens is 282 g/mol. The van der Waals surface area contributed by atoms with Gasteiger partial charge in [-0.25, -0.2) is 0 Å². The minimum absolute atomic E-state index is 0.139. The molecule has 120 valence electrons. The molecule has 1 fully saturated rings. The van der Waals surface area contributed by atoms with Gasteiger partial charge in [0.1, 0.15) is 5.75 Å². The fourth-order valence-corrected chi connectivity index (χ4v) is 2.47. The Labute approximate surface area is 130 Å². The summed E-state index contributed by atoms with van der Waals surface area (Å²) in [6.07, 6.45) is 0.484. The Balaban J connectivity index is 2.07. The van der Waals surface area contributed by atoms with E-state index >= 15 is 0 Å². The third kappa shape index (κ3) is 3.59. The van der Waals surface area contributed by atoms with Crippen molar-refractivity contribution in [3.8, 4) is 5.75 Å². The van der Waals surface area contributed by atoms with E-state index in [1.807, 2.05) is 6.07 Å². The number of hydrogen-bond donors (Lipinski definition) is 1. The van der Waals surface area contributed by atoms with Crippen LogP contribution >= 0.6 is 0 Å². The average molecular weight is 305 g/mol. The van der Waals surface area contributed by atoms with E-state index in [1.54, 1.807) is 30.0 Å². The summed E-state index contributed by atoms with van der Waals surface area (Å²) in [4.78, 5) is 25.4. The second kappa shape index (κ2) is 6.38. The minimum Gasteiger partial charge on any atom is -0.493 e. The van der Waals surface area contributed by atoms with Crippen molar-refractivity contribution in [1.82, 2.24) is 4.90 Å². The maximum atomic E-state index is 12.5. The number of hydrogen-bond acceptors (Lipinski definition) is 3. The number of nitrogens with zero attached hydrogens (tertiary/aromatic N) is 1. The zero-order chi connectivity index (χ0) is 16.3. The number of likely N-dealkylation sites (tertiary alicyclic amines) is 1. The summed E-state index contributed by atoms with van der Waals surface area (Å²) in [7, 11) is 0. The first-order valence-corrected chi connectivity index (χ1v) is 7.57. The SMILES string of the molecule is CC(C)COc1cccc(C(=O)N2CCC(C)(C(=O)O)C2)c1. The molecule has 1 atom stereocenters. The first-order chi connectivity index (χ1) is 10.3. The van der Waals surface area contributed by atoms with Crippen LogP contribution < -0.4 is 4.74 Å². The quantitative estimate of drug-likeness (QED) is 0.908. The molecule has 1 unspecified atom stereocenters. The highest BCUT2D eigenvalue weighted by atomic mass is 16.5. The van der Waals surface area contributed by atoms with Crippen LogP contribution in [0.5, 0.6) is 5.75 Å². The molecule has 5 heteroatoms. The van der Waals surface area contributed by atoms with Gasteiger partial charge in [-0.3, -0.25) is 9.59 Å². The van der Waals surface area contributed by atoms with Crippen molar-refractivity contribution >= 4 is 11.9 Å². The van der Waals surface area contributed by atoms with E-state index in [9.17, 15) is 14.7 Å². The Hall–Kier alpha value is -2.04. The van der Waals surface area contributed by atoms with E-state index in [0.29, 0.717) is 36.8 Å². The predicted molar refractivity (Wildman–Crippen MR) is 83.0 cm³/mol. The number of ether oxygens (including phenoxy) is 1. The van der Waals surface area contributed by atoms with Crippen LogP contribution in [0.25, 0.3) is 0 Å². The van der Waals surface area contributed by atoms with Gasteiger partial charge in [-0.1, -0.05) is 19.9 Å². The number of aliphatic carboxylic acids is 1. The monoisotopic (exact) mass is 305 g/mol. The van der Waals surface area contributed by atoms with Gasteiger partial charge in [-0.05, 0) is 37.5 Å². The third-order valence-corrected chi connectivity index (χ3v) is 3.94. The highest BCUT2D eigenvalue weighted by molar-refractivity contribution is 5.95. The number of carboxylic acid groups (broad SMARTS) is 1. The molecule has 1 saturated heterocycles. The Kier molecular flexibility index (Phi) is 4.74. The van der Waals surface area contributed by atoms with E-state index in [0.717, 1.165) is 0 Å². The lowest BCUT2D eigenvalue weighted by Crippen LogP contribution is -2.34. The molecule has 0 spiro atoms. The molecule has 1 N–H and O–H groups in total. The Morgan fingerprint density at radius 2 is 2.14 bits per heavy atom. The second-order valence-corrected chi connectivity index (χ2v) is 6.58. The van der Waals surface area contributed by atoms with Gasteiger partial charge in [-0.2, -0.15) is 0 Å². The highest BCUT2D eigenvalue weighted by Gasteiger charge is 2.42. The van der Waals surface area contributed by atoms with Crippen LogP contribution in [0.1, 0.15) is 37.6 Å². The van der Waals surface area contributed by atoms with Crippen LogP contribution in [0.3, 0.4) is 0 Å². The summed E-state index contributed by atoms with van der Waals surface area (Å²) in [5.41, 5.74) is -0.308. The number of carboxylic acids is 1. The smallest absolute Gasteiger partial charge is 0.311 e. The topological polar surface area (TPSA) is 66.8 Å². The summed E-state index contributed by atoms with van der Waals surface area (Å²) in [6.45, 7) is 7.12. The lowest BCUT2D eigenvalue weighted by atomic mass is 9.90. The van der Waals surface area contributed by atoms with Gasteiger partial charge in [0.05, 0.1) is 12.0 Å². The minimum atomic E-state index is -0.850. The van der Waals surface area contributed by atoms with Gasteiger partial charge in [0.15, 0.2) is 0 Å². The Morgan fingerprint density at radius 3 is 2.73 bits per heavy atom. The van der Waals surface area contributed by atoms with Crippen molar-refractivity contribution in [2.45, 2.75) is 27.2 Å². The molecule has 22 heavy (non-hydrogen) atoms. The fourth-order valence-electron chi connectivity index (χ4n) is 2.47. The summed E-state index contributed by atoms with van der Waals surface area (Å²) in [6, 6.07) is 7.07. The fraction of sp³-hybridized carbons (Fsp3) is 0.529. The molecule has 1 aliphatic rings. The molecule has 1 aromatic rings. The second-order valence-electron chi connectivity index (χ2n) is 6.58. The zero-order valence-corrected chi connectivity index (χ0v) is 13.3. The van der Waals surface area contributed by atoms with Crippen LogP contribution in [-0.2, 0) is 4.79 Å². The van der Waals surface area contributed by atoms with E-state index in [1.165, 1.54) is 0 Å². The molecule has 1 amide bonds. The molecule has 0 saturated carbocycles. The molecule has 0 radical (unpaired) electrons. The average Bonchev–Trinajstić information content (AvgIpc) is 2.88. The van der Waals surface area contributed by atoms with Crippen molar-refractivity contribution in [2.75, 3.05) is 19.7 Å². The molecular formula is C17H23NO4. The Morgan fingerprint density at radius 1 is 1.41 bits per heavy atom. The van der Waals surface area contributed by atoms with Gasteiger partial charge < -0.3 is 14.7 Å². The van der Waals surface area contributed by atoms with E-state index < -0.39 is 11.4 Å². The number of benzene rings is 1. The molecule has 0 aromatic heterocycles. The van der Waals surface area contributed by atoms with E-state index in [-0.39, 0.29) is 12.5 Å². The summed E-state index contributed by atoms with van der Waals surface area (Å²) in [5, 5.41) is 9.25. The molecule has 1 heterocycles. The van der Waals surface area contributed by atoms with E-state index in [2.05, 4.69) is 13.8 Å². The number of carbonyl (C=O) groups is 2. The van der Waals surface area contributed by atoms with Crippen LogP contribution in [0, 0.1) is 11.3 Å². The lowest BCUT2D eigenvalue weighted by Gasteiger charge is -2.20. The number of amides is 1. The standard InChI is InChI=1S/C17H23NO4/c1-12(2)10-22-14-6-4-5-13(9-14)15(19)18-8-7-17(3,11-18)16(20)21/h4-6,9,12H,7-8,10-11H2,1-3H3,(H,20,21). The van der Waals surface area contributed by atoms with Crippen molar-refractivity contribution in [1.29, 1.82) is 0 Å². The van der Waals surface area contributed by atoms with Crippen molar-refractivity contribution in [2.24, 2.45) is 11.3 Å². The molecule has 1 aromatic carbocycles. The van der Waals surface area contributed by atoms with Crippen LogP contribution in [-0.4, -0.2) is 41.6 Å².